The largest absolute Gasteiger partial charge is 0.326 e. The molecule has 0 radical (unpaired) electrons. The first-order chi connectivity index (χ1) is 13.2. The van der Waals surface area contributed by atoms with E-state index >= 15 is 0 Å². The van der Waals surface area contributed by atoms with Crippen LogP contribution in [0.2, 0.25) is 0 Å². The third kappa shape index (κ3) is 5.43. The summed E-state index contributed by atoms with van der Waals surface area (Å²) in [6.07, 6.45) is 1.08. The lowest BCUT2D eigenvalue weighted by molar-refractivity contribution is -0.120. The fourth-order valence-electron chi connectivity index (χ4n) is 3.57. The Morgan fingerprint density at radius 3 is 2.21 bits per heavy atom. The lowest BCUT2D eigenvalue weighted by atomic mass is 9.97. The van der Waals surface area contributed by atoms with Gasteiger partial charge in [-0.25, -0.2) is 12.7 Å². The minimum Gasteiger partial charge on any atom is -0.326 e. The number of carbonyl (C=O) groups is 1. The Kier molecular flexibility index (Phi) is 6.58. The van der Waals surface area contributed by atoms with Crippen molar-refractivity contribution in [2.24, 2.45) is 5.92 Å². The van der Waals surface area contributed by atoms with Crippen molar-refractivity contribution in [3.8, 4) is 0 Å². The van der Waals surface area contributed by atoms with Gasteiger partial charge < -0.3 is 5.32 Å². The summed E-state index contributed by atoms with van der Waals surface area (Å²) in [5.74, 6) is -0.213. The van der Waals surface area contributed by atoms with E-state index in [0.717, 1.165) is 26.9 Å². The highest BCUT2D eigenvalue weighted by molar-refractivity contribution is 9.10. The summed E-state index contributed by atoms with van der Waals surface area (Å²) in [6.45, 7) is 4.75. The minimum atomic E-state index is -3.38. The van der Waals surface area contributed by atoms with Crippen molar-refractivity contribution in [2.45, 2.75) is 32.4 Å². The molecule has 1 amide bonds. The van der Waals surface area contributed by atoms with Crippen molar-refractivity contribution >= 4 is 37.5 Å². The third-order valence-electron chi connectivity index (χ3n) is 4.97. The van der Waals surface area contributed by atoms with Gasteiger partial charge in [0.05, 0.1) is 5.75 Å². The average Bonchev–Trinajstić information content (AvgIpc) is 2.63. The Labute approximate surface area is 175 Å². The summed E-state index contributed by atoms with van der Waals surface area (Å²) in [6, 6.07) is 13.3. The lowest BCUT2D eigenvalue weighted by Crippen LogP contribution is -2.41. The second-order valence-electron chi connectivity index (χ2n) is 7.42. The molecule has 5 nitrogen and oxygen atoms in total. The van der Waals surface area contributed by atoms with E-state index in [0.29, 0.717) is 25.9 Å². The van der Waals surface area contributed by atoms with Crippen molar-refractivity contribution < 1.29 is 13.2 Å². The molecule has 0 aromatic heterocycles. The fourth-order valence-corrected chi connectivity index (χ4v) is 5.40. The molecule has 1 N–H and O–H groups in total. The first kappa shape index (κ1) is 21.0. The van der Waals surface area contributed by atoms with Gasteiger partial charge in [0.2, 0.25) is 15.9 Å². The van der Waals surface area contributed by atoms with Gasteiger partial charge >= 0.3 is 0 Å². The van der Waals surface area contributed by atoms with E-state index in [1.54, 1.807) is 0 Å². The van der Waals surface area contributed by atoms with Crippen molar-refractivity contribution in [2.75, 3.05) is 18.4 Å². The number of piperidine rings is 1. The molecule has 7 heteroatoms. The first-order valence-corrected chi connectivity index (χ1v) is 11.7. The quantitative estimate of drug-likeness (QED) is 0.718. The molecular formula is C21H25BrN2O3S. The molecule has 1 fully saturated rings. The number of amides is 1. The van der Waals surface area contributed by atoms with Crippen LogP contribution in [0.5, 0.6) is 0 Å². The van der Waals surface area contributed by atoms with Crippen molar-refractivity contribution in [1.29, 1.82) is 0 Å². The number of nitrogens with one attached hydrogen (secondary N) is 1. The zero-order valence-corrected chi connectivity index (χ0v) is 18.5. The standard InChI is InChI=1S/C21H25BrN2O3S/c1-15-11-16(2)13-20(12-15)23-21(25)18-7-9-24(10-8-18)28(26,27)14-17-3-5-19(22)6-4-17/h3-6,11-13,18H,7-10,14H2,1-2H3,(H,23,25). The molecule has 0 unspecified atom stereocenters. The Balaban J connectivity index is 1.57. The molecule has 28 heavy (non-hydrogen) atoms. The van der Waals surface area contributed by atoms with E-state index in [9.17, 15) is 13.2 Å². The molecule has 0 spiro atoms. The van der Waals surface area contributed by atoms with Gasteiger partial charge in [0.15, 0.2) is 0 Å². The van der Waals surface area contributed by atoms with E-state index in [4.69, 9.17) is 0 Å². The molecule has 1 heterocycles. The van der Waals surface area contributed by atoms with Gasteiger partial charge in [0.25, 0.3) is 0 Å². The minimum absolute atomic E-state index is 0.0142. The predicted octanol–water partition coefficient (Wildman–Crippen LogP) is 4.25. The third-order valence-corrected chi connectivity index (χ3v) is 7.35. The van der Waals surface area contributed by atoms with Crippen LogP contribution in [0.15, 0.2) is 46.9 Å². The van der Waals surface area contributed by atoms with Crippen LogP contribution < -0.4 is 5.32 Å². The maximum absolute atomic E-state index is 12.7. The number of carbonyl (C=O) groups excluding carboxylic acids is 1. The zero-order chi connectivity index (χ0) is 20.3. The summed E-state index contributed by atoms with van der Waals surface area (Å²) in [7, 11) is -3.38. The molecule has 1 aliphatic rings. The summed E-state index contributed by atoms with van der Waals surface area (Å²) in [5, 5.41) is 2.98. The number of sulfonamides is 1. The molecular weight excluding hydrogens is 440 g/mol. The highest BCUT2D eigenvalue weighted by Gasteiger charge is 2.31. The second-order valence-corrected chi connectivity index (χ2v) is 10.3. The summed E-state index contributed by atoms with van der Waals surface area (Å²) >= 11 is 3.36. The van der Waals surface area contributed by atoms with Crippen LogP contribution in [0, 0.1) is 19.8 Å². The van der Waals surface area contributed by atoms with Gasteiger partial charge in [-0.3, -0.25) is 4.79 Å². The molecule has 2 aromatic rings. The van der Waals surface area contributed by atoms with Crippen LogP contribution in [0.3, 0.4) is 0 Å². The molecule has 0 aliphatic carbocycles. The van der Waals surface area contributed by atoms with Crippen molar-refractivity contribution in [1.82, 2.24) is 4.31 Å². The zero-order valence-electron chi connectivity index (χ0n) is 16.1. The van der Waals surface area contributed by atoms with Crippen LogP contribution in [0.1, 0.15) is 29.5 Å². The highest BCUT2D eigenvalue weighted by atomic mass is 79.9. The fraction of sp³-hybridized carbons (Fsp3) is 0.381. The molecule has 0 saturated carbocycles. The lowest BCUT2D eigenvalue weighted by Gasteiger charge is -2.30. The van der Waals surface area contributed by atoms with Gasteiger partial charge in [-0.1, -0.05) is 34.1 Å². The van der Waals surface area contributed by atoms with E-state index in [1.807, 2.05) is 50.2 Å². The molecule has 0 atom stereocenters. The van der Waals surface area contributed by atoms with Crippen LogP contribution >= 0.6 is 15.9 Å². The Hall–Kier alpha value is -1.70. The topological polar surface area (TPSA) is 66.5 Å². The summed E-state index contributed by atoms with van der Waals surface area (Å²) in [5.41, 5.74) is 3.76. The highest BCUT2D eigenvalue weighted by Crippen LogP contribution is 2.24. The van der Waals surface area contributed by atoms with Crippen LogP contribution in [-0.4, -0.2) is 31.7 Å². The predicted molar refractivity (Wildman–Crippen MR) is 116 cm³/mol. The van der Waals surface area contributed by atoms with Gasteiger partial charge in [-0.15, -0.1) is 0 Å². The molecule has 1 aliphatic heterocycles. The van der Waals surface area contributed by atoms with Gasteiger partial charge in [-0.05, 0) is 67.6 Å². The van der Waals surface area contributed by atoms with Crippen LogP contribution in [-0.2, 0) is 20.6 Å². The molecule has 3 rings (SSSR count). The number of benzene rings is 2. The second kappa shape index (κ2) is 8.76. The number of hydrogen-bond acceptors (Lipinski definition) is 3. The van der Waals surface area contributed by atoms with Gasteiger partial charge in [0.1, 0.15) is 0 Å². The number of nitrogens with zero attached hydrogens (tertiary/aromatic N) is 1. The summed E-state index contributed by atoms with van der Waals surface area (Å²) < 4.78 is 27.8. The van der Waals surface area contributed by atoms with Crippen molar-refractivity contribution in [3.05, 3.63) is 63.6 Å². The number of hydrogen-bond donors (Lipinski definition) is 1. The monoisotopic (exact) mass is 464 g/mol. The maximum Gasteiger partial charge on any atom is 0.227 e. The van der Waals surface area contributed by atoms with E-state index in [2.05, 4.69) is 27.3 Å². The van der Waals surface area contributed by atoms with E-state index < -0.39 is 10.0 Å². The van der Waals surface area contributed by atoms with Gasteiger partial charge in [-0.2, -0.15) is 0 Å². The smallest absolute Gasteiger partial charge is 0.227 e. The van der Waals surface area contributed by atoms with Crippen molar-refractivity contribution in [3.63, 3.8) is 0 Å². The van der Waals surface area contributed by atoms with Crippen LogP contribution in [0.4, 0.5) is 5.69 Å². The number of anilines is 1. The van der Waals surface area contributed by atoms with E-state index in [-0.39, 0.29) is 17.6 Å². The molecule has 2 aromatic carbocycles. The maximum atomic E-state index is 12.7. The number of halogens is 1. The first-order valence-electron chi connectivity index (χ1n) is 9.34. The Morgan fingerprint density at radius 1 is 1.07 bits per heavy atom. The Bertz CT molecular complexity index is 930. The molecule has 1 saturated heterocycles. The normalized spacial score (nSPS) is 16.1. The average molecular weight is 465 g/mol. The van der Waals surface area contributed by atoms with E-state index in [1.165, 1.54) is 4.31 Å². The SMILES string of the molecule is Cc1cc(C)cc(NC(=O)C2CCN(S(=O)(=O)Cc3ccc(Br)cc3)CC2)c1. The molecule has 150 valence electrons. The molecule has 0 bridgehead atoms. The summed E-state index contributed by atoms with van der Waals surface area (Å²) in [4.78, 5) is 12.6. The Morgan fingerprint density at radius 2 is 1.64 bits per heavy atom. The van der Waals surface area contributed by atoms with Crippen LogP contribution in [0.25, 0.3) is 0 Å². The number of aryl methyl sites for hydroxylation is 2. The number of rotatable bonds is 5. The van der Waals surface area contributed by atoms with Gasteiger partial charge in [0, 0.05) is 29.2 Å².